The molecule has 3 N–H and O–H groups in total. The molecule has 0 aliphatic carbocycles. The van der Waals surface area contributed by atoms with E-state index in [9.17, 15) is 36.6 Å². The Morgan fingerprint density at radius 2 is 1.76 bits per heavy atom. The van der Waals surface area contributed by atoms with Crippen molar-refractivity contribution >= 4 is 17.7 Å². The lowest BCUT2D eigenvalue weighted by atomic mass is 9.77. The molecule has 118 valence electrons. The van der Waals surface area contributed by atoms with Crippen LogP contribution in [-0.2, 0) is 9.59 Å². The number of carboxylic acid groups (broad SMARTS) is 2. The van der Waals surface area contributed by atoms with Crippen molar-refractivity contribution in [1.29, 1.82) is 0 Å². The topological polar surface area (TPSA) is 107 Å². The summed E-state index contributed by atoms with van der Waals surface area (Å²) in [6.45, 7) is 0.450. The number of halogens is 5. The Bertz CT molecular complexity index is 553. The van der Waals surface area contributed by atoms with E-state index in [-0.39, 0.29) is 0 Å². The van der Waals surface area contributed by atoms with Crippen LogP contribution in [0, 0.1) is 5.41 Å². The number of aliphatic hydroxyl groups excluding tert-OH is 1. The van der Waals surface area contributed by atoms with Crippen LogP contribution in [0.4, 0.5) is 22.0 Å². The van der Waals surface area contributed by atoms with E-state index in [2.05, 4.69) is 4.99 Å². The standard InChI is InChI=1S/C10H8F5NO5/c1-9(8(20)21)4(6(11)12)16-3(10(13,14)15)2(5(9)17)7(18)19/h3,6,17H,1H3,(H,18,19)(H,20,21). The van der Waals surface area contributed by atoms with Crippen molar-refractivity contribution in [2.45, 2.75) is 25.6 Å². The second-order valence-electron chi connectivity index (χ2n) is 4.26. The van der Waals surface area contributed by atoms with Crippen LogP contribution in [0.2, 0.25) is 0 Å². The van der Waals surface area contributed by atoms with Crippen molar-refractivity contribution in [3.8, 4) is 0 Å². The van der Waals surface area contributed by atoms with Gasteiger partial charge < -0.3 is 15.3 Å². The van der Waals surface area contributed by atoms with Gasteiger partial charge in [0.2, 0.25) is 0 Å². The smallest absolute Gasteiger partial charge is 0.415 e. The number of nitrogens with zero attached hydrogens (tertiary/aromatic N) is 1. The number of aliphatic carboxylic acids is 2. The lowest BCUT2D eigenvalue weighted by Gasteiger charge is -2.33. The largest absolute Gasteiger partial charge is 0.510 e. The molecule has 0 fully saturated rings. The summed E-state index contributed by atoms with van der Waals surface area (Å²) in [5.74, 6) is -6.28. The molecule has 0 radical (unpaired) electrons. The van der Waals surface area contributed by atoms with Crippen molar-refractivity contribution in [2.24, 2.45) is 10.4 Å². The monoisotopic (exact) mass is 317 g/mol. The fourth-order valence-electron chi connectivity index (χ4n) is 1.79. The summed E-state index contributed by atoms with van der Waals surface area (Å²) in [5.41, 5.74) is -6.61. The minimum absolute atomic E-state index is 0.450. The van der Waals surface area contributed by atoms with E-state index in [1.165, 1.54) is 0 Å². The number of aliphatic hydroxyl groups is 1. The van der Waals surface area contributed by atoms with Crippen molar-refractivity contribution in [2.75, 3.05) is 0 Å². The number of alkyl halides is 5. The third kappa shape index (κ3) is 2.54. The van der Waals surface area contributed by atoms with Crippen LogP contribution in [0.1, 0.15) is 6.92 Å². The summed E-state index contributed by atoms with van der Waals surface area (Å²) in [4.78, 5) is 24.4. The Labute approximate surface area is 113 Å². The maximum atomic E-state index is 12.8. The molecule has 0 saturated carbocycles. The van der Waals surface area contributed by atoms with Crippen LogP contribution < -0.4 is 0 Å². The van der Waals surface area contributed by atoms with Crippen LogP contribution >= 0.6 is 0 Å². The van der Waals surface area contributed by atoms with Gasteiger partial charge in [0.05, 0.1) is 0 Å². The molecule has 0 spiro atoms. The zero-order chi connectivity index (χ0) is 16.7. The molecule has 1 aliphatic rings. The minimum atomic E-state index is -5.39. The van der Waals surface area contributed by atoms with Crippen molar-refractivity contribution in [3.05, 3.63) is 11.3 Å². The van der Waals surface area contributed by atoms with Gasteiger partial charge in [0.15, 0.2) is 11.5 Å². The van der Waals surface area contributed by atoms with E-state index in [1.54, 1.807) is 0 Å². The number of carbonyl (C=O) groups is 2. The maximum Gasteiger partial charge on any atom is 0.415 e. The normalized spacial score (nSPS) is 26.8. The third-order valence-electron chi connectivity index (χ3n) is 2.96. The first-order valence-electron chi connectivity index (χ1n) is 5.18. The maximum absolute atomic E-state index is 12.8. The van der Waals surface area contributed by atoms with Crippen molar-refractivity contribution < 1.29 is 46.9 Å². The van der Waals surface area contributed by atoms with E-state index >= 15 is 0 Å². The highest BCUT2D eigenvalue weighted by Crippen LogP contribution is 2.42. The molecule has 2 unspecified atom stereocenters. The molecule has 2 atom stereocenters. The van der Waals surface area contributed by atoms with Crippen molar-refractivity contribution in [1.82, 2.24) is 0 Å². The minimum Gasteiger partial charge on any atom is -0.510 e. The summed E-state index contributed by atoms with van der Waals surface area (Å²) >= 11 is 0. The van der Waals surface area contributed by atoms with Gasteiger partial charge in [-0.15, -0.1) is 0 Å². The van der Waals surface area contributed by atoms with Gasteiger partial charge in [0.25, 0.3) is 6.43 Å². The zero-order valence-electron chi connectivity index (χ0n) is 10.1. The average Bonchev–Trinajstić information content (AvgIpc) is 2.29. The summed E-state index contributed by atoms with van der Waals surface area (Å²) < 4.78 is 63.7. The Hall–Kier alpha value is -2.20. The van der Waals surface area contributed by atoms with Crippen LogP contribution in [0.25, 0.3) is 0 Å². The van der Waals surface area contributed by atoms with Gasteiger partial charge in [0, 0.05) is 0 Å². The molecule has 0 aromatic rings. The van der Waals surface area contributed by atoms with Gasteiger partial charge in [-0.05, 0) is 6.92 Å². The number of carboxylic acids is 2. The van der Waals surface area contributed by atoms with Crippen LogP contribution in [0.3, 0.4) is 0 Å². The van der Waals surface area contributed by atoms with E-state index in [4.69, 9.17) is 10.2 Å². The number of hydrogen-bond donors (Lipinski definition) is 3. The molecule has 0 aromatic heterocycles. The summed E-state index contributed by atoms with van der Waals surface area (Å²) in [6.07, 6.45) is -9.12. The highest BCUT2D eigenvalue weighted by Gasteiger charge is 2.58. The van der Waals surface area contributed by atoms with Gasteiger partial charge >= 0.3 is 18.1 Å². The lowest BCUT2D eigenvalue weighted by molar-refractivity contribution is -0.153. The highest BCUT2D eigenvalue weighted by atomic mass is 19.4. The van der Waals surface area contributed by atoms with Gasteiger partial charge in [-0.2, -0.15) is 13.2 Å². The molecule has 0 bridgehead atoms. The first-order chi connectivity index (χ1) is 9.35. The molecular formula is C10H8F5NO5. The molecule has 11 heteroatoms. The van der Waals surface area contributed by atoms with Crippen LogP contribution in [0.5, 0.6) is 0 Å². The molecule has 1 aliphatic heterocycles. The van der Waals surface area contributed by atoms with E-state index < -0.39 is 53.0 Å². The van der Waals surface area contributed by atoms with Gasteiger partial charge in [-0.3, -0.25) is 9.79 Å². The first kappa shape index (κ1) is 16.9. The number of dihydropyridines is 1. The quantitative estimate of drug-likeness (QED) is 0.686. The predicted octanol–water partition coefficient (Wildman–Crippen LogP) is 1.62. The lowest BCUT2D eigenvalue weighted by Crippen LogP contribution is -2.50. The van der Waals surface area contributed by atoms with Gasteiger partial charge in [0.1, 0.15) is 17.0 Å². The average molecular weight is 317 g/mol. The van der Waals surface area contributed by atoms with Crippen LogP contribution in [-0.4, -0.2) is 51.6 Å². The molecule has 0 saturated heterocycles. The van der Waals surface area contributed by atoms with E-state index in [0.717, 1.165) is 0 Å². The zero-order valence-corrected chi connectivity index (χ0v) is 10.1. The molecule has 0 aromatic carbocycles. The fourth-order valence-corrected chi connectivity index (χ4v) is 1.79. The Kier molecular flexibility index (Phi) is 3.99. The second-order valence-corrected chi connectivity index (χ2v) is 4.26. The predicted molar refractivity (Wildman–Crippen MR) is 56.3 cm³/mol. The third-order valence-corrected chi connectivity index (χ3v) is 2.96. The number of rotatable bonds is 3. The van der Waals surface area contributed by atoms with Gasteiger partial charge in [-0.1, -0.05) is 0 Å². The summed E-state index contributed by atoms with van der Waals surface area (Å²) in [6, 6.07) is -3.27. The Morgan fingerprint density at radius 1 is 1.29 bits per heavy atom. The van der Waals surface area contributed by atoms with E-state index in [1.807, 2.05) is 0 Å². The van der Waals surface area contributed by atoms with E-state index in [0.29, 0.717) is 6.92 Å². The molecule has 1 rings (SSSR count). The molecule has 21 heavy (non-hydrogen) atoms. The van der Waals surface area contributed by atoms with Crippen molar-refractivity contribution in [3.63, 3.8) is 0 Å². The second kappa shape index (κ2) is 4.97. The number of aliphatic imine (C=N–C) groups is 1. The first-order valence-corrected chi connectivity index (χ1v) is 5.18. The SMILES string of the molecule is CC1(C(=O)O)C(C(F)F)=NC(C(F)(F)F)C(C(=O)O)=C1O. The van der Waals surface area contributed by atoms with Gasteiger partial charge in [-0.25, -0.2) is 13.6 Å². The molecular weight excluding hydrogens is 309 g/mol. The number of hydrogen-bond acceptors (Lipinski definition) is 4. The highest BCUT2D eigenvalue weighted by molar-refractivity contribution is 6.12. The van der Waals surface area contributed by atoms with Crippen LogP contribution in [0.15, 0.2) is 16.3 Å². The fraction of sp³-hybridized carbons (Fsp3) is 0.500. The molecule has 6 nitrogen and oxygen atoms in total. The molecule has 0 amide bonds. The Balaban J connectivity index is 3.72. The summed E-state index contributed by atoms with van der Waals surface area (Å²) in [7, 11) is 0. The molecule has 1 heterocycles. The Morgan fingerprint density at radius 3 is 2.05 bits per heavy atom. The summed E-state index contributed by atoms with van der Waals surface area (Å²) in [5, 5.41) is 27.2.